The van der Waals surface area contributed by atoms with Gasteiger partial charge < -0.3 is 4.98 Å². The third kappa shape index (κ3) is 2.24. The molecule has 1 N–H and O–H groups in total. The van der Waals surface area contributed by atoms with Gasteiger partial charge in [0.25, 0.3) is 5.79 Å². The predicted octanol–water partition coefficient (Wildman–Crippen LogP) is 3.22. The Kier molecular flexibility index (Phi) is 3.04. The molecule has 0 fully saturated rings. The number of hydrogen-bond donors (Lipinski definition) is 1. The first-order valence-corrected chi connectivity index (χ1v) is 6.36. The van der Waals surface area contributed by atoms with E-state index in [2.05, 4.69) is 46.1 Å². The maximum Gasteiger partial charge on any atom is 0.292 e. The first kappa shape index (κ1) is 11.9. The molecule has 1 aromatic carbocycles. The normalized spacial score (nSPS) is 16.5. The predicted molar refractivity (Wildman–Crippen MR) is 75.9 cm³/mol. The Morgan fingerprint density at radius 2 is 1.95 bits per heavy atom. The smallest absolute Gasteiger partial charge is 0.292 e. The molecular formula is C12H9BrN6. The Morgan fingerprint density at radius 3 is 2.63 bits per heavy atom. The fraction of sp³-hybridized carbons (Fsp3) is 0.0833. The van der Waals surface area contributed by atoms with Crippen LogP contribution in [0, 0.1) is 0 Å². The van der Waals surface area contributed by atoms with Gasteiger partial charge in [-0.1, -0.05) is 34.1 Å². The molecule has 0 saturated carbocycles. The van der Waals surface area contributed by atoms with Crippen LogP contribution in [0.5, 0.6) is 0 Å². The summed E-state index contributed by atoms with van der Waals surface area (Å²) in [4.78, 5) is 15.5. The van der Waals surface area contributed by atoms with Gasteiger partial charge in [0.1, 0.15) is 0 Å². The van der Waals surface area contributed by atoms with E-state index in [-0.39, 0.29) is 0 Å². The molecule has 3 rings (SSSR count). The van der Waals surface area contributed by atoms with E-state index in [0.717, 1.165) is 10.0 Å². The van der Waals surface area contributed by atoms with Gasteiger partial charge in [-0.3, -0.25) is 0 Å². The van der Waals surface area contributed by atoms with Crippen molar-refractivity contribution < 1.29 is 0 Å². The van der Waals surface area contributed by atoms with Crippen LogP contribution in [0.15, 0.2) is 61.3 Å². The van der Waals surface area contributed by atoms with Gasteiger partial charge in [-0.2, -0.15) is 0 Å². The molecule has 2 aromatic rings. The average Bonchev–Trinajstić information content (AvgIpc) is 3.09. The Hall–Kier alpha value is -2.15. The van der Waals surface area contributed by atoms with Crippen LogP contribution in [0.3, 0.4) is 0 Å². The highest BCUT2D eigenvalue weighted by atomic mass is 79.9. The average molecular weight is 317 g/mol. The molecule has 0 unspecified atom stereocenters. The van der Waals surface area contributed by atoms with E-state index < -0.39 is 5.79 Å². The van der Waals surface area contributed by atoms with E-state index >= 15 is 0 Å². The maximum absolute atomic E-state index is 4.32. The maximum atomic E-state index is 4.32. The Labute approximate surface area is 117 Å². The Bertz CT molecular complexity index is 647. The summed E-state index contributed by atoms with van der Waals surface area (Å²) in [6.45, 7) is 0. The van der Waals surface area contributed by atoms with Crippen molar-refractivity contribution in [1.29, 1.82) is 0 Å². The molecule has 0 radical (unpaired) electrons. The van der Waals surface area contributed by atoms with Crippen molar-refractivity contribution in [3.63, 3.8) is 0 Å². The van der Waals surface area contributed by atoms with E-state index in [9.17, 15) is 0 Å². The zero-order valence-electron chi connectivity index (χ0n) is 9.73. The van der Waals surface area contributed by atoms with Crippen LogP contribution in [0.2, 0.25) is 0 Å². The zero-order valence-corrected chi connectivity index (χ0v) is 11.3. The van der Waals surface area contributed by atoms with Crippen molar-refractivity contribution in [3.05, 3.63) is 46.7 Å². The fourth-order valence-corrected chi connectivity index (χ4v) is 2.27. The first-order chi connectivity index (χ1) is 9.30. The van der Waals surface area contributed by atoms with Gasteiger partial charge in [-0.15, -0.1) is 10.2 Å². The third-order valence-electron chi connectivity index (χ3n) is 2.58. The molecule has 0 bridgehead atoms. The molecule has 6 nitrogen and oxygen atoms in total. The van der Waals surface area contributed by atoms with E-state index in [1.165, 1.54) is 0 Å². The fourth-order valence-electron chi connectivity index (χ4n) is 1.71. The lowest BCUT2D eigenvalue weighted by Crippen LogP contribution is -2.15. The van der Waals surface area contributed by atoms with Crippen molar-refractivity contribution in [2.75, 3.05) is 0 Å². The second-order valence-corrected chi connectivity index (χ2v) is 4.64. The van der Waals surface area contributed by atoms with Crippen LogP contribution in [0.1, 0.15) is 5.56 Å². The minimum Gasteiger partial charge on any atom is -0.328 e. The van der Waals surface area contributed by atoms with Crippen molar-refractivity contribution in [2.45, 2.75) is 5.79 Å². The summed E-state index contributed by atoms with van der Waals surface area (Å²) < 4.78 is 0.879. The molecule has 0 aliphatic carbocycles. The zero-order chi connectivity index (χ0) is 13.1. The van der Waals surface area contributed by atoms with Crippen LogP contribution in [0.4, 0.5) is 5.95 Å². The van der Waals surface area contributed by atoms with Gasteiger partial charge in [-0.05, 0) is 6.07 Å². The van der Waals surface area contributed by atoms with Crippen molar-refractivity contribution in [1.82, 2.24) is 9.97 Å². The lowest BCUT2D eigenvalue weighted by Gasteiger charge is -2.18. The van der Waals surface area contributed by atoms with Crippen molar-refractivity contribution >= 4 is 34.3 Å². The first-order valence-electron chi connectivity index (χ1n) is 5.56. The lowest BCUT2D eigenvalue weighted by atomic mass is 10.1. The Balaban J connectivity index is 2.04. The second-order valence-electron chi connectivity index (χ2n) is 3.78. The van der Waals surface area contributed by atoms with Gasteiger partial charge in [0.05, 0.1) is 0 Å². The van der Waals surface area contributed by atoms with Gasteiger partial charge in [0.15, 0.2) is 0 Å². The van der Waals surface area contributed by atoms with E-state index in [0.29, 0.717) is 5.95 Å². The van der Waals surface area contributed by atoms with Crippen molar-refractivity contribution in [3.8, 4) is 0 Å². The number of nitrogens with zero attached hydrogens (tertiary/aromatic N) is 5. The number of benzene rings is 1. The van der Waals surface area contributed by atoms with Crippen LogP contribution >= 0.6 is 15.9 Å². The van der Waals surface area contributed by atoms with Gasteiger partial charge >= 0.3 is 0 Å². The summed E-state index contributed by atoms with van der Waals surface area (Å²) in [6.07, 6.45) is 6.52. The summed E-state index contributed by atoms with van der Waals surface area (Å²) in [5, 5.41) is 8.28. The van der Waals surface area contributed by atoms with Crippen LogP contribution in [0.25, 0.3) is 0 Å². The van der Waals surface area contributed by atoms with Crippen LogP contribution < -0.4 is 0 Å². The number of rotatable bonds is 3. The molecule has 94 valence electrons. The lowest BCUT2D eigenvalue weighted by molar-refractivity contribution is 0.483. The number of aliphatic imine (C=N–C) groups is 2. The van der Waals surface area contributed by atoms with E-state index in [1.54, 1.807) is 24.8 Å². The minimum atomic E-state index is -1.06. The molecule has 1 aliphatic rings. The topological polar surface area (TPSA) is 78.1 Å². The largest absolute Gasteiger partial charge is 0.328 e. The molecule has 1 aliphatic heterocycles. The standard InChI is InChI=1S/C12H9BrN6/c13-10-4-2-1-3-9(10)12(16-7-8-17-12)19-18-11-14-5-6-15-11/h1-8H,(H,14,15). The molecule has 0 spiro atoms. The molecule has 7 heteroatoms. The molecule has 2 heterocycles. The number of halogens is 1. The van der Waals surface area contributed by atoms with Crippen LogP contribution in [-0.2, 0) is 5.79 Å². The number of imidazole rings is 1. The van der Waals surface area contributed by atoms with Gasteiger partial charge in [-0.25, -0.2) is 15.0 Å². The highest BCUT2D eigenvalue weighted by molar-refractivity contribution is 9.10. The van der Waals surface area contributed by atoms with Gasteiger partial charge in [0.2, 0.25) is 5.95 Å². The van der Waals surface area contributed by atoms with Crippen molar-refractivity contribution in [2.24, 2.45) is 20.2 Å². The number of hydrogen-bond acceptors (Lipinski definition) is 5. The summed E-state index contributed by atoms with van der Waals surface area (Å²) in [7, 11) is 0. The molecule has 0 saturated heterocycles. The molecular weight excluding hydrogens is 308 g/mol. The van der Waals surface area contributed by atoms with Gasteiger partial charge in [0, 0.05) is 34.9 Å². The monoisotopic (exact) mass is 316 g/mol. The number of aromatic nitrogens is 2. The summed E-state index contributed by atoms with van der Waals surface area (Å²) in [5.41, 5.74) is 0.829. The molecule has 0 atom stereocenters. The summed E-state index contributed by atoms with van der Waals surface area (Å²) >= 11 is 3.49. The van der Waals surface area contributed by atoms with E-state index in [4.69, 9.17) is 0 Å². The number of azo groups is 1. The Morgan fingerprint density at radius 1 is 1.16 bits per heavy atom. The SMILES string of the molecule is Brc1ccccc1C1(N=Nc2ncc[nH]2)N=CC=N1. The highest BCUT2D eigenvalue weighted by Crippen LogP contribution is 2.36. The summed E-state index contributed by atoms with van der Waals surface area (Å²) in [5.74, 6) is -0.642. The van der Waals surface area contributed by atoms with E-state index in [1.807, 2.05) is 24.3 Å². The third-order valence-corrected chi connectivity index (χ3v) is 3.27. The minimum absolute atomic E-state index is 0.420. The highest BCUT2D eigenvalue weighted by Gasteiger charge is 2.34. The van der Waals surface area contributed by atoms with Crippen LogP contribution in [-0.4, -0.2) is 22.4 Å². The molecule has 19 heavy (non-hydrogen) atoms. The molecule has 0 amide bonds. The quantitative estimate of drug-likeness (QED) is 0.867. The number of nitrogens with one attached hydrogen (secondary N) is 1. The number of H-pyrrole nitrogens is 1. The second kappa shape index (κ2) is 4.85. The molecule has 1 aromatic heterocycles. The number of aromatic amines is 1. The summed E-state index contributed by atoms with van der Waals surface area (Å²) in [6, 6.07) is 7.66.